The fraction of sp³-hybridized carbons (Fsp3) is 0.200. The molecule has 3 rings (SSSR count). The highest BCUT2D eigenvalue weighted by atomic mass is 16.6. The monoisotopic (exact) mass is 364 g/mol. The van der Waals surface area contributed by atoms with Crippen LogP contribution < -0.4 is 0 Å². The van der Waals surface area contributed by atoms with Crippen molar-refractivity contribution in [3.05, 3.63) is 88.5 Å². The normalized spacial score (nSPS) is 10.6. The molecule has 0 unspecified atom stereocenters. The second-order valence-corrected chi connectivity index (χ2v) is 6.05. The van der Waals surface area contributed by atoms with Crippen molar-refractivity contribution < 1.29 is 9.72 Å². The summed E-state index contributed by atoms with van der Waals surface area (Å²) in [6, 6.07) is 14.5. The van der Waals surface area contributed by atoms with Gasteiger partial charge in [-0.3, -0.25) is 14.9 Å². The van der Waals surface area contributed by atoms with Gasteiger partial charge in [-0.15, -0.1) is 0 Å². The van der Waals surface area contributed by atoms with Gasteiger partial charge in [0.2, 0.25) is 0 Å². The molecule has 3 aromatic rings. The molecule has 1 amide bonds. The molecule has 7 nitrogen and oxygen atoms in total. The van der Waals surface area contributed by atoms with Crippen LogP contribution in [-0.4, -0.2) is 38.4 Å². The number of carbonyl (C=O) groups excluding carboxylic acids is 1. The summed E-state index contributed by atoms with van der Waals surface area (Å²) in [5, 5.41) is 11.5. The van der Waals surface area contributed by atoms with E-state index in [2.05, 4.69) is 4.98 Å². The first-order valence-corrected chi connectivity index (χ1v) is 8.70. The van der Waals surface area contributed by atoms with Gasteiger partial charge >= 0.3 is 0 Å². The Bertz CT molecular complexity index is 924. The van der Waals surface area contributed by atoms with Crippen LogP contribution in [0, 0.1) is 10.1 Å². The minimum absolute atomic E-state index is 0.127. The molecular weight excluding hydrogens is 344 g/mol. The minimum Gasteiger partial charge on any atom is -0.339 e. The maximum Gasteiger partial charge on any atom is 0.294 e. The maximum absolute atomic E-state index is 12.9. The molecule has 138 valence electrons. The second kappa shape index (κ2) is 8.27. The molecule has 0 aliphatic heterocycles. The summed E-state index contributed by atoms with van der Waals surface area (Å²) in [6.45, 7) is 2.98. The Morgan fingerprint density at radius 1 is 1.22 bits per heavy atom. The van der Waals surface area contributed by atoms with Crippen molar-refractivity contribution in [3.8, 4) is 5.69 Å². The summed E-state index contributed by atoms with van der Waals surface area (Å²) >= 11 is 0. The van der Waals surface area contributed by atoms with Crippen LogP contribution in [0.25, 0.3) is 5.69 Å². The van der Waals surface area contributed by atoms with Gasteiger partial charge in [0, 0.05) is 37.1 Å². The number of carbonyl (C=O) groups is 1. The first-order valence-electron chi connectivity index (χ1n) is 8.70. The number of imidazole rings is 1. The van der Waals surface area contributed by atoms with Crippen LogP contribution >= 0.6 is 0 Å². The van der Waals surface area contributed by atoms with Gasteiger partial charge in [-0.2, -0.15) is 0 Å². The Balaban J connectivity index is 1.82. The molecule has 0 saturated carbocycles. The second-order valence-electron chi connectivity index (χ2n) is 6.05. The lowest BCUT2D eigenvalue weighted by molar-refractivity contribution is -0.384. The number of benzene rings is 2. The largest absolute Gasteiger partial charge is 0.339 e. The molecule has 1 heterocycles. The fourth-order valence-electron chi connectivity index (χ4n) is 2.92. The van der Waals surface area contributed by atoms with E-state index in [0.717, 1.165) is 12.0 Å². The van der Waals surface area contributed by atoms with Crippen LogP contribution in [0.5, 0.6) is 0 Å². The lowest BCUT2D eigenvalue weighted by Gasteiger charge is -2.21. The summed E-state index contributed by atoms with van der Waals surface area (Å²) in [4.78, 5) is 29.5. The number of nitrogens with zero attached hydrogens (tertiary/aromatic N) is 4. The first kappa shape index (κ1) is 18.3. The fourth-order valence-corrected chi connectivity index (χ4v) is 2.92. The third-order valence-electron chi connectivity index (χ3n) is 4.38. The zero-order valence-corrected chi connectivity index (χ0v) is 15.0. The SMILES string of the molecule is CCN(CCc1ccccc1)C(=O)c1ccc(-n2ccnc2)c([N+](=O)[O-])c1. The van der Waals surface area contributed by atoms with E-state index in [4.69, 9.17) is 0 Å². The van der Waals surface area contributed by atoms with Crippen LogP contribution in [0.4, 0.5) is 5.69 Å². The first-order chi connectivity index (χ1) is 13.1. The van der Waals surface area contributed by atoms with Crippen molar-refractivity contribution in [2.75, 3.05) is 13.1 Å². The van der Waals surface area contributed by atoms with Gasteiger partial charge in [-0.25, -0.2) is 4.98 Å². The molecule has 0 aliphatic carbocycles. The number of nitro benzene ring substituents is 1. The molecule has 2 aromatic carbocycles. The van der Waals surface area contributed by atoms with Crippen LogP contribution in [0.3, 0.4) is 0 Å². The van der Waals surface area contributed by atoms with E-state index in [9.17, 15) is 14.9 Å². The van der Waals surface area contributed by atoms with Gasteiger partial charge in [0.1, 0.15) is 5.69 Å². The molecule has 7 heteroatoms. The number of nitro groups is 1. The highest BCUT2D eigenvalue weighted by molar-refractivity contribution is 5.95. The quantitative estimate of drug-likeness (QED) is 0.475. The summed E-state index contributed by atoms with van der Waals surface area (Å²) in [6.07, 6.45) is 5.39. The topological polar surface area (TPSA) is 81.3 Å². The van der Waals surface area contributed by atoms with Crippen LogP contribution in [0.15, 0.2) is 67.3 Å². The van der Waals surface area contributed by atoms with E-state index in [1.54, 1.807) is 34.0 Å². The molecule has 1 aromatic heterocycles. The lowest BCUT2D eigenvalue weighted by atomic mass is 10.1. The van der Waals surface area contributed by atoms with Gasteiger partial charge in [0.15, 0.2) is 0 Å². The van der Waals surface area contributed by atoms with Gasteiger partial charge < -0.3 is 9.47 Å². The van der Waals surface area contributed by atoms with E-state index in [-0.39, 0.29) is 11.6 Å². The van der Waals surface area contributed by atoms with E-state index in [1.807, 2.05) is 37.3 Å². The summed E-state index contributed by atoms with van der Waals surface area (Å²) in [7, 11) is 0. The molecule has 27 heavy (non-hydrogen) atoms. The number of likely N-dealkylation sites (N-methyl/N-ethyl adjacent to an activating group) is 1. The molecule has 0 fully saturated rings. The number of hydrogen-bond donors (Lipinski definition) is 0. The average Bonchev–Trinajstić information content (AvgIpc) is 3.23. The zero-order valence-electron chi connectivity index (χ0n) is 15.0. The van der Waals surface area contributed by atoms with Crippen molar-refractivity contribution in [1.82, 2.24) is 14.5 Å². The predicted molar refractivity (Wildman–Crippen MR) is 102 cm³/mol. The lowest BCUT2D eigenvalue weighted by Crippen LogP contribution is -2.32. The average molecular weight is 364 g/mol. The Morgan fingerprint density at radius 2 is 2.00 bits per heavy atom. The number of hydrogen-bond acceptors (Lipinski definition) is 4. The standard InChI is InChI=1S/C20H20N4O3/c1-2-22(12-10-16-6-4-3-5-7-16)20(25)17-8-9-18(19(14-17)24(26)27)23-13-11-21-15-23/h3-9,11,13-15H,2,10,12H2,1H3. The van der Waals surface area contributed by atoms with Gasteiger partial charge in [0.05, 0.1) is 11.3 Å². The van der Waals surface area contributed by atoms with E-state index < -0.39 is 4.92 Å². The molecule has 0 saturated heterocycles. The number of aromatic nitrogens is 2. The Kier molecular flexibility index (Phi) is 5.61. The molecule has 0 N–H and O–H groups in total. The maximum atomic E-state index is 12.9. The minimum atomic E-state index is -0.480. The third kappa shape index (κ3) is 4.20. The summed E-state index contributed by atoms with van der Waals surface area (Å²) < 4.78 is 1.55. The van der Waals surface area contributed by atoms with Crippen molar-refractivity contribution in [2.24, 2.45) is 0 Å². The number of amides is 1. The molecule has 0 bridgehead atoms. The van der Waals surface area contributed by atoms with E-state index in [0.29, 0.717) is 24.3 Å². The molecule has 0 radical (unpaired) electrons. The Hall–Kier alpha value is -3.48. The van der Waals surface area contributed by atoms with Crippen LogP contribution in [0.1, 0.15) is 22.8 Å². The smallest absolute Gasteiger partial charge is 0.294 e. The molecule has 0 spiro atoms. The molecular formula is C20H20N4O3. The Morgan fingerprint density at radius 3 is 2.63 bits per heavy atom. The van der Waals surface area contributed by atoms with Crippen molar-refractivity contribution in [3.63, 3.8) is 0 Å². The molecule has 0 aliphatic rings. The van der Waals surface area contributed by atoms with Gasteiger partial charge in [-0.05, 0) is 31.0 Å². The van der Waals surface area contributed by atoms with Crippen LogP contribution in [0.2, 0.25) is 0 Å². The summed E-state index contributed by atoms with van der Waals surface area (Å²) in [5.41, 5.74) is 1.70. The summed E-state index contributed by atoms with van der Waals surface area (Å²) in [5.74, 6) is -0.214. The number of rotatable bonds is 7. The zero-order chi connectivity index (χ0) is 19.2. The van der Waals surface area contributed by atoms with Crippen molar-refractivity contribution in [1.29, 1.82) is 0 Å². The van der Waals surface area contributed by atoms with E-state index in [1.165, 1.54) is 12.4 Å². The van der Waals surface area contributed by atoms with Crippen molar-refractivity contribution >= 4 is 11.6 Å². The van der Waals surface area contributed by atoms with E-state index >= 15 is 0 Å². The van der Waals surface area contributed by atoms with Crippen molar-refractivity contribution in [2.45, 2.75) is 13.3 Å². The van der Waals surface area contributed by atoms with Gasteiger partial charge in [-0.1, -0.05) is 30.3 Å². The van der Waals surface area contributed by atoms with Gasteiger partial charge in [0.25, 0.3) is 11.6 Å². The van der Waals surface area contributed by atoms with Crippen LogP contribution in [-0.2, 0) is 6.42 Å². The third-order valence-corrected chi connectivity index (χ3v) is 4.38. The highest BCUT2D eigenvalue weighted by Gasteiger charge is 2.21. The molecule has 0 atom stereocenters. The predicted octanol–water partition coefficient (Wildman–Crippen LogP) is 3.49. The Labute approximate surface area is 157 Å². The highest BCUT2D eigenvalue weighted by Crippen LogP contribution is 2.25.